The lowest BCUT2D eigenvalue weighted by molar-refractivity contribution is 0.0638. The summed E-state index contributed by atoms with van der Waals surface area (Å²) < 4.78 is 5.65. The summed E-state index contributed by atoms with van der Waals surface area (Å²) >= 11 is 14.4. The third kappa shape index (κ3) is 6.84. The summed E-state index contributed by atoms with van der Waals surface area (Å²) in [5.41, 5.74) is 2.66. The zero-order valence-corrected chi connectivity index (χ0v) is 21.9. The highest BCUT2D eigenvalue weighted by Gasteiger charge is 2.36. The summed E-state index contributed by atoms with van der Waals surface area (Å²) in [6, 6.07) is 8.19. The first-order chi connectivity index (χ1) is 16.1. The molecule has 3 heterocycles. The van der Waals surface area contributed by atoms with Gasteiger partial charge < -0.3 is 9.64 Å². The number of thiophene rings is 1. The molecular formula is C27H36Cl2N2OS. The van der Waals surface area contributed by atoms with Crippen LogP contribution in [0, 0.1) is 11.8 Å². The number of piperidine rings is 1. The standard InChI is InChI=1S/C27H36Cl2N2OS/c1-3-4-25(32-2)13-20-7-10-30(11-8-20)16-23-17-31(18-26(23)22-9-12-33-19-22)15-21-5-6-24(28)14-27(21)29/h3,5-6,9,12,14,19-20,23,25-26H,1,4,7-8,10-11,13,15-18H2,2H3. The summed E-state index contributed by atoms with van der Waals surface area (Å²) in [5, 5.41) is 6.02. The van der Waals surface area contributed by atoms with Gasteiger partial charge in [0.25, 0.3) is 0 Å². The zero-order valence-electron chi connectivity index (χ0n) is 19.6. The molecule has 1 aromatic heterocycles. The largest absolute Gasteiger partial charge is 0.381 e. The van der Waals surface area contributed by atoms with E-state index in [-0.39, 0.29) is 0 Å². The van der Waals surface area contributed by atoms with Crippen LogP contribution in [-0.4, -0.2) is 55.7 Å². The van der Waals surface area contributed by atoms with Crippen LogP contribution >= 0.6 is 34.5 Å². The van der Waals surface area contributed by atoms with E-state index in [1.165, 1.54) is 43.6 Å². The average molecular weight is 508 g/mol. The number of methoxy groups -OCH3 is 1. The third-order valence-electron chi connectivity index (χ3n) is 7.46. The van der Waals surface area contributed by atoms with Crippen molar-refractivity contribution in [2.45, 2.75) is 44.2 Å². The van der Waals surface area contributed by atoms with E-state index in [9.17, 15) is 0 Å². The van der Waals surface area contributed by atoms with Crippen LogP contribution in [0.4, 0.5) is 0 Å². The minimum atomic E-state index is 0.324. The fraction of sp³-hybridized carbons (Fsp3) is 0.556. The number of halogens is 2. The van der Waals surface area contributed by atoms with Gasteiger partial charge in [-0.1, -0.05) is 35.3 Å². The molecule has 33 heavy (non-hydrogen) atoms. The topological polar surface area (TPSA) is 15.7 Å². The van der Waals surface area contributed by atoms with Crippen LogP contribution in [0.1, 0.15) is 42.7 Å². The Morgan fingerprint density at radius 2 is 2.00 bits per heavy atom. The fourth-order valence-corrected chi connectivity index (χ4v) is 6.80. The lowest BCUT2D eigenvalue weighted by Crippen LogP contribution is -2.39. The molecule has 2 aliphatic rings. The van der Waals surface area contributed by atoms with Crippen LogP contribution in [0.15, 0.2) is 47.7 Å². The molecule has 0 saturated carbocycles. The summed E-state index contributed by atoms with van der Waals surface area (Å²) in [7, 11) is 1.83. The molecule has 180 valence electrons. The number of hydrogen-bond acceptors (Lipinski definition) is 4. The zero-order chi connectivity index (χ0) is 23.2. The molecule has 0 amide bonds. The molecule has 0 N–H and O–H groups in total. The van der Waals surface area contributed by atoms with Crippen LogP contribution in [-0.2, 0) is 11.3 Å². The molecule has 0 radical (unpaired) electrons. The minimum Gasteiger partial charge on any atom is -0.381 e. The van der Waals surface area contributed by atoms with E-state index in [2.05, 4.69) is 39.3 Å². The number of nitrogens with zero attached hydrogens (tertiary/aromatic N) is 2. The summed E-state index contributed by atoms with van der Waals surface area (Å²) in [5.74, 6) is 2.01. The summed E-state index contributed by atoms with van der Waals surface area (Å²) in [6.07, 6.45) is 6.97. The van der Waals surface area contributed by atoms with E-state index in [4.69, 9.17) is 27.9 Å². The third-order valence-corrected chi connectivity index (χ3v) is 8.74. The molecular weight excluding hydrogens is 471 g/mol. The lowest BCUT2D eigenvalue weighted by atomic mass is 9.87. The Balaban J connectivity index is 1.35. The highest BCUT2D eigenvalue weighted by atomic mass is 35.5. The van der Waals surface area contributed by atoms with Gasteiger partial charge in [-0.25, -0.2) is 0 Å². The normalized spacial score (nSPS) is 23.7. The van der Waals surface area contributed by atoms with Gasteiger partial charge in [-0.15, -0.1) is 6.58 Å². The predicted molar refractivity (Wildman–Crippen MR) is 142 cm³/mol. The summed E-state index contributed by atoms with van der Waals surface area (Å²) in [6.45, 7) is 10.5. The fourth-order valence-electron chi connectivity index (χ4n) is 5.61. The number of hydrogen-bond donors (Lipinski definition) is 0. The Morgan fingerprint density at radius 1 is 1.18 bits per heavy atom. The smallest absolute Gasteiger partial charge is 0.0608 e. The van der Waals surface area contributed by atoms with E-state index >= 15 is 0 Å². The molecule has 6 heteroatoms. The van der Waals surface area contributed by atoms with E-state index < -0.39 is 0 Å². The van der Waals surface area contributed by atoms with Crippen LogP contribution < -0.4 is 0 Å². The van der Waals surface area contributed by atoms with Gasteiger partial charge in [-0.05, 0) is 90.7 Å². The lowest BCUT2D eigenvalue weighted by Gasteiger charge is -2.35. The van der Waals surface area contributed by atoms with Crippen molar-refractivity contribution in [3.8, 4) is 0 Å². The molecule has 0 spiro atoms. The van der Waals surface area contributed by atoms with Crippen LogP contribution in [0.3, 0.4) is 0 Å². The van der Waals surface area contributed by atoms with Crippen molar-refractivity contribution in [2.24, 2.45) is 11.8 Å². The molecule has 1 aromatic carbocycles. The minimum absolute atomic E-state index is 0.324. The number of ether oxygens (including phenoxy) is 1. The second-order valence-corrected chi connectivity index (χ2v) is 11.3. The first-order valence-corrected chi connectivity index (χ1v) is 13.8. The van der Waals surface area contributed by atoms with E-state index in [1.807, 2.05) is 36.7 Å². The molecule has 3 unspecified atom stereocenters. The molecule has 2 fully saturated rings. The van der Waals surface area contributed by atoms with Crippen LogP contribution in [0.5, 0.6) is 0 Å². The van der Waals surface area contributed by atoms with Crippen molar-refractivity contribution in [2.75, 3.05) is 39.8 Å². The second-order valence-electron chi connectivity index (χ2n) is 9.71. The molecule has 2 aliphatic heterocycles. The Bertz CT molecular complexity index is 882. The van der Waals surface area contributed by atoms with Crippen molar-refractivity contribution in [1.29, 1.82) is 0 Å². The molecule has 0 aliphatic carbocycles. The predicted octanol–water partition coefficient (Wildman–Crippen LogP) is 6.96. The Morgan fingerprint density at radius 3 is 2.67 bits per heavy atom. The van der Waals surface area contributed by atoms with Crippen LogP contribution in [0.2, 0.25) is 10.0 Å². The van der Waals surface area contributed by atoms with E-state index in [0.29, 0.717) is 23.0 Å². The van der Waals surface area contributed by atoms with Crippen molar-refractivity contribution in [1.82, 2.24) is 9.80 Å². The molecule has 2 saturated heterocycles. The Kier molecular flexibility index (Phi) is 9.32. The van der Waals surface area contributed by atoms with Gasteiger partial charge >= 0.3 is 0 Å². The SMILES string of the molecule is C=CCC(CC1CCN(CC2CN(Cc3ccc(Cl)cc3Cl)CC2c2ccsc2)CC1)OC. The Hall–Kier alpha value is -0.880. The average Bonchev–Trinajstić information content (AvgIpc) is 3.47. The van der Waals surface area contributed by atoms with Gasteiger partial charge in [0.1, 0.15) is 0 Å². The van der Waals surface area contributed by atoms with Crippen molar-refractivity contribution >= 4 is 34.5 Å². The maximum atomic E-state index is 6.48. The number of likely N-dealkylation sites (tertiary alicyclic amines) is 2. The van der Waals surface area contributed by atoms with Crippen molar-refractivity contribution < 1.29 is 4.74 Å². The van der Waals surface area contributed by atoms with E-state index in [1.54, 1.807) is 0 Å². The van der Waals surface area contributed by atoms with Crippen molar-refractivity contribution in [3.63, 3.8) is 0 Å². The molecule has 3 atom stereocenters. The first-order valence-electron chi connectivity index (χ1n) is 12.1. The van der Waals surface area contributed by atoms with Crippen LogP contribution in [0.25, 0.3) is 0 Å². The summed E-state index contributed by atoms with van der Waals surface area (Å²) in [4.78, 5) is 5.28. The van der Waals surface area contributed by atoms with E-state index in [0.717, 1.165) is 43.4 Å². The first kappa shape index (κ1) is 25.2. The van der Waals surface area contributed by atoms with Gasteiger partial charge in [0, 0.05) is 49.3 Å². The van der Waals surface area contributed by atoms with Gasteiger partial charge in [-0.2, -0.15) is 11.3 Å². The van der Waals surface area contributed by atoms with Gasteiger partial charge in [0.05, 0.1) is 6.10 Å². The highest BCUT2D eigenvalue weighted by molar-refractivity contribution is 7.08. The maximum Gasteiger partial charge on any atom is 0.0608 e. The monoisotopic (exact) mass is 506 g/mol. The quantitative estimate of drug-likeness (QED) is 0.323. The molecule has 3 nitrogen and oxygen atoms in total. The highest BCUT2D eigenvalue weighted by Crippen LogP contribution is 2.37. The second kappa shape index (κ2) is 12.2. The number of benzene rings is 1. The van der Waals surface area contributed by atoms with Gasteiger partial charge in [0.15, 0.2) is 0 Å². The van der Waals surface area contributed by atoms with Gasteiger partial charge in [-0.3, -0.25) is 4.90 Å². The Labute approximate surface area is 213 Å². The van der Waals surface area contributed by atoms with Crippen molar-refractivity contribution in [3.05, 3.63) is 68.9 Å². The number of rotatable bonds is 10. The van der Waals surface area contributed by atoms with Gasteiger partial charge in [0.2, 0.25) is 0 Å². The molecule has 0 bridgehead atoms. The molecule has 2 aromatic rings. The maximum absolute atomic E-state index is 6.48. The molecule has 4 rings (SSSR count).